The van der Waals surface area contributed by atoms with E-state index < -0.39 is 0 Å². The summed E-state index contributed by atoms with van der Waals surface area (Å²) in [6.07, 6.45) is 1.04. The highest BCUT2D eigenvalue weighted by molar-refractivity contribution is 7.10. The van der Waals surface area contributed by atoms with Gasteiger partial charge in [-0.15, -0.1) is 11.3 Å². The van der Waals surface area contributed by atoms with Crippen molar-refractivity contribution in [3.05, 3.63) is 46.2 Å². The maximum atomic E-state index is 5.90. The van der Waals surface area contributed by atoms with E-state index in [1.165, 1.54) is 10.4 Å². The van der Waals surface area contributed by atoms with E-state index in [-0.39, 0.29) is 0 Å². The van der Waals surface area contributed by atoms with Gasteiger partial charge in [-0.25, -0.2) is 0 Å². The van der Waals surface area contributed by atoms with Gasteiger partial charge in [0.15, 0.2) is 0 Å². The molecule has 0 aliphatic rings. The van der Waals surface area contributed by atoms with Gasteiger partial charge in [-0.3, -0.25) is 0 Å². The lowest BCUT2D eigenvalue weighted by molar-refractivity contribution is 0.414. The van der Waals surface area contributed by atoms with Crippen LogP contribution in [0.3, 0.4) is 0 Å². The lowest BCUT2D eigenvalue weighted by atomic mass is 10.0. The number of ether oxygens (including phenoxy) is 1. The zero-order chi connectivity index (χ0) is 13.7. The first kappa shape index (κ1) is 13.9. The van der Waals surface area contributed by atoms with E-state index in [9.17, 15) is 0 Å². The molecular formula is C15H20N2OS. The molecule has 3 N–H and O–H groups in total. The maximum absolute atomic E-state index is 5.90. The predicted octanol–water partition coefficient (Wildman–Crippen LogP) is 3.58. The summed E-state index contributed by atoms with van der Waals surface area (Å²) in [5.74, 6) is 0.890. The molecule has 1 aromatic carbocycles. The summed E-state index contributed by atoms with van der Waals surface area (Å²) in [6.45, 7) is 2.99. The van der Waals surface area contributed by atoms with Crippen LogP contribution in [0.1, 0.15) is 29.8 Å². The second kappa shape index (κ2) is 6.59. The molecule has 4 heteroatoms. The first-order valence-corrected chi connectivity index (χ1v) is 7.31. The number of hydrogen-bond acceptors (Lipinski definition) is 4. The number of thiophene rings is 1. The predicted molar refractivity (Wildman–Crippen MR) is 81.6 cm³/mol. The molecule has 19 heavy (non-hydrogen) atoms. The first-order chi connectivity index (χ1) is 9.24. The number of hydrogen-bond donors (Lipinski definition) is 2. The molecular weight excluding hydrogens is 256 g/mol. The lowest BCUT2D eigenvalue weighted by Crippen LogP contribution is -2.20. The molecule has 1 heterocycles. The normalized spacial score (nSPS) is 12.3. The largest absolute Gasteiger partial charge is 0.497 e. The molecule has 0 saturated heterocycles. The Kier molecular flexibility index (Phi) is 4.82. The molecule has 0 aliphatic heterocycles. The van der Waals surface area contributed by atoms with Crippen molar-refractivity contribution in [2.24, 2.45) is 0 Å². The topological polar surface area (TPSA) is 47.3 Å². The first-order valence-electron chi connectivity index (χ1n) is 6.43. The SMILES string of the molecule is CCC(NCc1sccc1N)c1ccc(OC)cc1. The molecule has 0 bridgehead atoms. The summed E-state index contributed by atoms with van der Waals surface area (Å²) < 4.78 is 5.18. The van der Waals surface area contributed by atoms with Crippen molar-refractivity contribution in [1.29, 1.82) is 0 Å². The van der Waals surface area contributed by atoms with Gasteiger partial charge in [0.2, 0.25) is 0 Å². The molecule has 2 aromatic rings. The van der Waals surface area contributed by atoms with Crippen LogP contribution in [0, 0.1) is 0 Å². The monoisotopic (exact) mass is 276 g/mol. The summed E-state index contributed by atoms with van der Waals surface area (Å²) in [4.78, 5) is 1.20. The van der Waals surface area contributed by atoms with Gasteiger partial charge >= 0.3 is 0 Å². The van der Waals surface area contributed by atoms with Crippen LogP contribution in [0.4, 0.5) is 5.69 Å². The van der Waals surface area contributed by atoms with E-state index in [0.717, 1.165) is 24.4 Å². The second-order valence-corrected chi connectivity index (χ2v) is 5.41. The average Bonchev–Trinajstić information content (AvgIpc) is 2.86. The number of nitrogens with one attached hydrogen (secondary N) is 1. The van der Waals surface area contributed by atoms with Gasteiger partial charge in [0.1, 0.15) is 5.75 Å². The molecule has 3 nitrogen and oxygen atoms in total. The molecule has 0 aliphatic carbocycles. The molecule has 1 unspecified atom stereocenters. The van der Waals surface area contributed by atoms with E-state index in [4.69, 9.17) is 10.5 Å². The minimum Gasteiger partial charge on any atom is -0.497 e. The van der Waals surface area contributed by atoms with Crippen LogP contribution in [-0.4, -0.2) is 7.11 Å². The molecule has 0 saturated carbocycles. The smallest absolute Gasteiger partial charge is 0.118 e. The Balaban J connectivity index is 2.01. The maximum Gasteiger partial charge on any atom is 0.118 e. The van der Waals surface area contributed by atoms with Crippen molar-refractivity contribution in [2.45, 2.75) is 25.9 Å². The number of methoxy groups -OCH3 is 1. The van der Waals surface area contributed by atoms with Gasteiger partial charge in [-0.2, -0.15) is 0 Å². The molecule has 1 aromatic heterocycles. The van der Waals surface area contributed by atoms with E-state index in [0.29, 0.717) is 6.04 Å². The number of rotatable bonds is 6. The van der Waals surface area contributed by atoms with Gasteiger partial charge in [0.25, 0.3) is 0 Å². The Labute approximate surface area is 118 Å². The average molecular weight is 276 g/mol. The number of anilines is 1. The molecule has 102 valence electrons. The van der Waals surface area contributed by atoms with Crippen molar-refractivity contribution >= 4 is 17.0 Å². The fourth-order valence-corrected chi connectivity index (χ4v) is 2.79. The minimum atomic E-state index is 0.340. The summed E-state index contributed by atoms with van der Waals surface area (Å²) in [5, 5.41) is 5.58. The minimum absolute atomic E-state index is 0.340. The van der Waals surface area contributed by atoms with E-state index in [1.807, 2.05) is 23.6 Å². The molecule has 2 rings (SSSR count). The summed E-state index contributed by atoms with van der Waals surface area (Å²) in [5.41, 5.74) is 8.05. The highest BCUT2D eigenvalue weighted by Crippen LogP contribution is 2.23. The Hall–Kier alpha value is -1.52. The Morgan fingerprint density at radius 2 is 2.00 bits per heavy atom. The van der Waals surface area contributed by atoms with Crippen molar-refractivity contribution in [1.82, 2.24) is 5.32 Å². The van der Waals surface area contributed by atoms with Crippen LogP contribution in [0.25, 0.3) is 0 Å². The summed E-state index contributed by atoms with van der Waals surface area (Å²) in [7, 11) is 1.68. The fourth-order valence-electron chi connectivity index (χ4n) is 2.04. The Bertz CT molecular complexity index is 507. The van der Waals surface area contributed by atoms with Gasteiger partial charge in [-0.05, 0) is 35.6 Å². The second-order valence-electron chi connectivity index (χ2n) is 4.41. The number of benzene rings is 1. The van der Waals surface area contributed by atoms with E-state index in [1.54, 1.807) is 18.4 Å². The van der Waals surface area contributed by atoms with Gasteiger partial charge in [0.05, 0.1) is 7.11 Å². The molecule has 0 spiro atoms. The third-order valence-corrected chi connectivity index (χ3v) is 4.15. The molecule has 0 fully saturated rings. The van der Waals surface area contributed by atoms with Crippen molar-refractivity contribution in [3.8, 4) is 5.75 Å². The molecule has 1 atom stereocenters. The molecule has 0 amide bonds. The zero-order valence-corrected chi connectivity index (χ0v) is 12.2. The van der Waals surface area contributed by atoms with Crippen LogP contribution in [0.2, 0.25) is 0 Å². The van der Waals surface area contributed by atoms with Gasteiger partial charge in [0, 0.05) is 23.2 Å². The molecule has 0 radical (unpaired) electrons. The summed E-state index contributed by atoms with van der Waals surface area (Å²) >= 11 is 1.70. The van der Waals surface area contributed by atoms with Crippen molar-refractivity contribution in [2.75, 3.05) is 12.8 Å². The van der Waals surface area contributed by atoms with Crippen LogP contribution < -0.4 is 15.8 Å². The fraction of sp³-hybridized carbons (Fsp3) is 0.333. The van der Waals surface area contributed by atoms with Crippen LogP contribution in [-0.2, 0) is 6.54 Å². The third kappa shape index (κ3) is 3.49. The van der Waals surface area contributed by atoms with E-state index in [2.05, 4.69) is 24.4 Å². The standard InChI is InChI=1S/C15H20N2OS/c1-3-14(11-4-6-12(18-2)7-5-11)17-10-15-13(16)8-9-19-15/h4-9,14,17H,3,10,16H2,1-2H3. The van der Waals surface area contributed by atoms with Crippen LogP contribution >= 0.6 is 11.3 Å². The zero-order valence-electron chi connectivity index (χ0n) is 11.3. The number of nitrogen functional groups attached to an aromatic ring is 1. The van der Waals surface area contributed by atoms with E-state index >= 15 is 0 Å². The van der Waals surface area contributed by atoms with Gasteiger partial charge < -0.3 is 15.8 Å². The summed E-state index contributed by atoms with van der Waals surface area (Å²) in [6, 6.07) is 10.5. The highest BCUT2D eigenvalue weighted by Gasteiger charge is 2.10. The Morgan fingerprint density at radius 3 is 2.53 bits per heavy atom. The Morgan fingerprint density at radius 1 is 1.26 bits per heavy atom. The highest BCUT2D eigenvalue weighted by atomic mass is 32.1. The van der Waals surface area contributed by atoms with Crippen LogP contribution in [0.15, 0.2) is 35.7 Å². The quantitative estimate of drug-likeness (QED) is 0.847. The number of nitrogens with two attached hydrogens (primary N) is 1. The van der Waals surface area contributed by atoms with Crippen molar-refractivity contribution < 1.29 is 4.74 Å². The lowest BCUT2D eigenvalue weighted by Gasteiger charge is -2.17. The van der Waals surface area contributed by atoms with Gasteiger partial charge in [-0.1, -0.05) is 19.1 Å². The van der Waals surface area contributed by atoms with Crippen molar-refractivity contribution in [3.63, 3.8) is 0 Å². The third-order valence-electron chi connectivity index (χ3n) is 3.22. The van der Waals surface area contributed by atoms with Crippen LogP contribution in [0.5, 0.6) is 5.75 Å².